The maximum absolute atomic E-state index is 5.78. The normalized spacial score (nSPS) is 12.3. The van der Waals surface area contributed by atoms with Crippen LogP contribution in [0.4, 0.5) is 0 Å². The van der Waals surface area contributed by atoms with Crippen molar-refractivity contribution in [1.29, 1.82) is 0 Å². The van der Waals surface area contributed by atoms with Crippen LogP contribution in [-0.2, 0) is 17.8 Å². The van der Waals surface area contributed by atoms with Gasteiger partial charge < -0.3 is 15.4 Å². The smallest absolute Gasteiger partial charge is 0.190 e. The van der Waals surface area contributed by atoms with Crippen molar-refractivity contribution in [3.05, 3.63) is 58.3 Å². The van der Waals surface area contributed by atoms with E-state index in [9.17, 15) is 0 Å². The lowest BCUT2D eigenvalue weighted by Gasteiger charge is -2.16. The van der Waals surface area contributed by atoms with Gasteiger partial charge in [-0.15, -0.1) is 24.0 Å². The van der Waals surface area contributed by atoms with E-state index >= 15 is 0 Å². The Balaban J connectivity index is 0.00000312. The predicted octanol–water partition coefficient (Wildman–Crippen LogP) is 3.93. The Kier molecular flexibility index (Phi) is 11.5. The Morgan fingerprint density at radius 3 is 2.64 bits per heavy atom. The fraction of sp³-hybridized carbons (Fsp3) is 0.421. The molecule has 0 amide bonds. The maximum Gasteiger partial charge on any atom is 0.190 e. The molecule has 1 unspecified atom stereocenters. The average molecular weight is 473 g/mol. The number of hydrogen-bond acceptors (Lipinski definition) is 3. The number of ether oxygens (including phenoxy) is 1. The number of nitrogens with zero attached hydrogens (tertiary/aromatic N) is 1. The molecule has 0 fully saturated rings. The van der Waals surface area contributed by atoms with Crippen LogP contribution in [0.3, 0.4) is 0 Å². The Hall–Kier alpha value is -1.12. The van der Waals surface area contributed by atoms with Gasteiger partial charge in [0.2, 0.25) is 0 Å². The number of aliphatic imine (C=N–C) groups is 1. The Labute approximate surface area is 172 Å². The number of rotatable bonds is 9. The summed E-state index contributed by atoms with van der Waals surface area (Å²) in [6.45, 7) is 5.30. The van der Waals surface area contributed by atoms with Crippen LogP contribution in [0, 0.1) is 5.92 Å². The van der Waals surface area contributed by atoms with Gasteiger partial charge in [0, 0.05) is 20.1 Å². The molecule has 0 aliphatic rings. The summed E-state index contributed by atoms with van der Waals surface area (Å²) in [6, 6.07) is 12.4. The van der Waals surface area contributed by atoms with Crippen molar-refractivity contribution >= 4 is 41.3 Å². The molecule has 1 atom stereocenters. The van der Waals surface area contributed by atoms with Crippen LogP contribution < -0.4 is 10.6 Å². The highest BCUT2D eigenvalue weighted by molar-refractivity contribution is 14.0. The average Bonchev–Trinajstić information content (AvgIpc) is 3.12. The van der Waals surface area contributed by atoms with Crippen molar-refractivity contribution in [1.82, 2.24) is 10.6 Å². The highest BCUT2D eigenvalue weighted by atomic mass is 127. The van der Waals surface area contributed by atoms with Gasteiger partial charge in [0.15, 0.2) is 5.96 Å². The minimum Gasteiger partial charge on any atom is -0.376 e. The second kappa shape index (κ2) is 13.1. The highest BCUT2D eigenvalue weighted by Gasteiger charge is 2.05. The summed E-state index contributed by atoms with van der Waals surface area (Å²) in [4.78, 5) is 4.26. The van der Waals surface area contributed by atoms with Crippen molar-refractivity contribution in [3.63, 3.8) is 0 Å². The van der Waals surface area contributed by atoms with Crippen LogP contribution in [-0.4, -0.2) is 32.7 Å². The molecule has 138 valence electrons. The van der Waals surface area contributed by atoms with Crippen molar-refractivity contribution in [3.8, 4) is 0 Å². The molecule has 0 saturated carbocycles. The summed E-state index contributed by atoms with van der Waals surface area (Å²) < 4.78 is 5.78. The molecule has 2 rings (SSSR count). The third-order valence-electron chi connectivity index (χ3n) is 3.64. The molecule has 0 saturated heterocycles. The predicted molar refractivity (Wildman–Crippen MR) is 118 cm³/mol. The second-order valence-electron chi connectivity index (χ2n) is 5.87. The number of hydrogen-bond donors (Lipinski definition) is 2. The van der Waals surface area contributed by atoms with E-state index in [4.69, 9.17) is 4.74 Å². The zero-order valence-corrected chi connectivity index (χ0v) is 18.1. The van der Waals surface area contributed by atoms with Crippen LogP contribution in [0.2, 0.25) is 0 Å². The lowest BCUT2D eigenvalue weighted by atomic mass is 10.2. The molecule has 1 aromatic heterocycles. The number of benzene rings is 1. The first kappa shape index (κ1) is 21.9. The lowest BCUT2D eigenvalue weighted by Crippen LogP contribution is -2.40. The highest BCUT2D eigenvalue weighted by Crippen LogP contribution is 2.05. The van der Waals surface area contributed by atoms with Gasteiger partial charge in [-0.25, -0.2) is 0 Å². The molecule has 0 spiro atoms. The van der Waals surface area contributed by atoms with Gasteiger partial charge in [-0.1, -0.05) is 37.3 Å². The molecule has 2 aromatic rings. The summed E-state index contributed by atoms with van der Waals surface area (Å²) in [5, 5.41) is 11.0. The van der Waals surface area contributed by atoms with Gasteiger partial charge >= 0.3 is 0 Å². The van der Waals surface area contributed by atoms with E-state index in [1.807, 2.05) is 18.2 Å². The maximum atomic E-state index is 5.78. The van der Waals surface area contributed by atoms with Crippen LogP contribution in [0.25, 0.3) is 0 Å². The Morgan fingerprint density at radius 1 is 1.16 bits per heavy atom. The third-order valence-corrected chi connectivity index (χ3v) is 4.37. The van der Waals surface area contributed by atoms with Gasteiger partial charge in [0.1, 0.15) is 0 Å². The first-order valence-electron chi connectivity index (χ1n) is 8.35. The largest absolute Gasteiger partial charge is 0.376 e. The number of halogens is 1. The van der Waals surface area contributed by atoms with E-state index < -0.39 is 0 Å². The summed E-state index contributed by atoms with van der Waals surface area (Å²) >= 11 is 1.74. The monoisotopic (exact) mass is 473 g/mol. The molecule has 4 nitrogen and oxygen atoms in total. The van der Waals surface area contributed by atoms with E-state index in [0.29, 0.717) is 12.5 Å². The van der Waals surface area contributed by atoms with Crippen LogP contribution >= 0.6 is 35.3 Å². The summed E-state index contributed by atoms with van der Waals surface area (Å²) in [5.41, 5.74) is 2.58. The molecular formula is C19H28IN3OS. The fourth-order valence-corrected chi connectivity index (χ4v) is 2.97. The van der Waals surface area contributed by atoms with Crippen molar-refractivity contribution in [2.75, 3.05) is 26.7 Å². The standard InChI is InChI=1S/C19H27N3OS.HI/c1-16(13-23-14-17-6-4-3-5-7-17)12-22-19(20-2)21-10-8-18-9-11-24-15-18;/h3-7,9,11,15-16H,8,10,12-14H2,1-2H3,(H2,20,21,22);1H. The zero-order valence-electron chi connectivity index (χ0n) is 14.9. The quantitative estimate of drug-likeness (QED) is 0.330. The number of thiophene rings is 1. The lowest BCUT2D eigenvalue weighted by molar-refractivity contribution is 0.0931. The van der Waals surface area contributed by atoms with Gasteiger partial charge in [-0.3, -0.25) is 4.99 Å². The van der Waals surface area contributed by atoms with Gasteiger partial charge in [-0.05, 0) is 40.3 Å². The SMILES string of the molecule is CN=C(NCCc1ccsc1)NCC(C)COCc1ccccc1.I. The third kappa shape index (κ3) is 9.23. The van der Waals surface area contributed by atoms with Crippen LogP contribution in [0.15, 0.2) is 52.2 Å². The molecular weight excluding hydrogens is 445 g/mol. The molecule has 0 aliphatic carbocycles. The minimum absolute atomic E-state index is 0. The first-order valence-corrected chi connectivity index (χ1v) is 9.29. The van der Waals surface area contributed by atoms with Crippen molar-refractivity contribution in [2.24, 2.45) is 10.9 Å². The van der Waals surface area contributed by atoms with E-state index in [1.165, 1.54) is 11.1 Å². The van der Waals surface area contributed by atoms with Gasteiger partial charge in [0.25, 0.3) is 0 Å². The Morgan fingerprint density at radius 2 is 1.96 bits per heavy atom. The summed E-state index contributed by atoms with van der Waals surface area (Å²) in [5.74, 6) is 1.27. The van der Waals surface area contributed by atoms with E-state index in [1.54, 1.807) is 18.4 Å². The van der Waals surface area contributed by atoms with Gasteiger partial charge in [-0.2, -0.15) is 11.3 Å². The molecule has 0 radical (unpaired) electrons. The number of nitrogens with one attached hydrogen (secondary N) is 2. The van der Waals surface area contributed by atoms with Crippen LogP contribution in [0.1, 0.15) is 18.1 Å². The fourth-order valence-electron chi connectivity index (χ4n) is 2.26. The van der Waals surface area contributed by atoms with Crippen molar-refractivity contribution < 1.29 is 4.74 Å². The molecule has 1 aromatic carbocycles. The molecule has 1 heterocycles. The first-order chi connectivity index (χ1) is 11.8. The molecule has 0 aliphatic heterocycles. The summed E-state index contributed by atoms with van der Waals surface area (Å²) in [7, 11) is 1.80. The Bertz CT molecular complexity index is 590. The minimum atomic E-state index is 0. The second-order valence-corrected chi connectivity index (χ2v) is 6.65. The summed E-state index contributed by atoms with van der Waals surface area (Å²) in [6.07, 6.45) is 1.01. The topological polar surface area (TPSA) is 45.7 Å². The van der Waals surface area contributed by atoms with E-state index in [2.05, 4.69) is 51.5 Å². The van der Waals surface area contributed by atoms with E-state index in [0.717, 1.165) is 32.1 Å². The number of guanidine groups is 1. The van der Waals surface area contributed by atoms with E-state index in [-0.39, 0.29) is 24.0 Å². The molecule has 0 bridgehead atoms. The zero-order chi connectivity index (χ0) is 17.0. The van der Waals surface area contributed by atoms with Crippen LogP contribution in [0.5, 0.6) is 0 Å². The van der Waals surface area contributed by atoms with Gasteiger partial charge in [0.05, 0.1) is 13.2 Å². The molecule has 6 heteroatoms. The molecule has 25 heavy (non-hydrogen) atoms. The van der Waals surface area contributed by atoms with Crippen molar-refractivity contribution in [2.45, 2.75) is 20.0 Å². The molecule has 2 N–H and O–H groups in total.